The van der Waals surface area contributed by atoms with Crippen LogP contribution in [0.2, 0.25) is 0 Å². The number of rotatable bonds is 6. The Morgan fingerprint density at radius 1 is 1.43 bits per heavy atom. The Balaban J connectivity index is 1.76. The van der Waals surface area contributed by atoms with Gasteiger partial charge < -0.3 is 5.32 Å². The van der Waals surface area contributed by atoms with E-state index < -0.39 is 0 Å². The molecule has 0 spiro atoms. The van der Waals surface area contributed by atoms with Gasteiger partial charge in [0.05, 0.1) is 11.7 Å². The molecule has 7 nitrogen and oxygen atoms in total. The lowest BCUT2D eigenvalue weighted by molar-refractivity contribution is 0.0929. The van der Waals surface area contributed by atoms with E-state index in [4.69, 9.17) is 0 Å². The average Bonchev–Trinajstić information content (AvgIpc) is 3.19. The van der Waals surface area contributed by atoms with E-state index in [1.165, 1.54) is 0 Å². The first-order valence-electron chi connectivity index (χ1n) is 7.86. The van der Waals surface area contributed by atoms with Crippen molar-refractivity contribution in [1.29, 1.82) is 0 Å². The summed E-state index contributed by atoms with van der Waals surface area (Å²) < 4.78 is 1.85. The normalized spacial score (nSPS) is 12.4. The Labute approximate surface area is 134 Å². The SMILES string of the molecule is CCCc1cc(C(=O)N[C@@H](CC)c2cn3cccnc3n2)n[nH]1. The van der Waals surface area contributed by atoms with E-state index in [-0.39, 0.29) is 11.9 Å². The van der Waals surface area contributed by atoms with Crippen LogP contribution in [0.4, 0.5) is 0 Å². The van der Waals surface area contributed by atoms with Crippen LogP contribution in [-0.4, -0.2) is 30.5 Å². The van der Waals surface area contributed by atoms with Crippen molar-refractivity contribution in [3.05, 3.63) is 47.8 Å². The minimum absolute atomic E-state index is 0.171. The van der Waals surface area contributed by atoms with Gasteiger partial charge in [-0.25, -0.2) is 9.97 Å². The van der Waals surface area contributed by atoms with Crippen LogP contribution in [0.5, 0.6) is 0 Å². The Hall–Kier alpha value is -2.70. The molecule has 1 amide bonds. The molecule has 0 bridgehead atoms. The number of imidazole rings is 1. The lowest BCUT2D eigenvalue weighted by atomic mass is 10.1. The predicted molar refractivity (Wildman–Crippen MR) is 86.1 cm³/mol. The third-order valence-corrected chi connectivity index (χ3v) is 3.71. The average molecular weight is 312 g/mol. The van der Waals surface area contributed by atoms with Crippen molar-refractivity contribution in [2.75, 3.05) is 0 Å². The zero-order valence-electron chi connectivity index (χ0n) is 13.3. The number of aryl methyl sites for hydroxylation is 1. The molecule has 0 fully saturated rings. The second kappa shape index (κ2) is 6.60. The van der Waals surface area contributed by atoms with Crippen molar-refractivity contribution in [3.63, 3.8) is 0 Å². The van der Waals surface area contributed by atoms with E-state index in [0.29, 0.717) is 11.5 Å². The number of fused-ring (bicyclic) bond motifs is 1. The van der Waals surface area contributed by atoms with Crippen molar-refractivity contribution in [1.82, 2.24) is 29.9 Å². The summed E-state index contributed by atoms with van der Waals surface area (Å²) >= 11 is 0. The number of carbonyl (C=O) groups excluding carboxylic acids is 1. The van der Waals surface area contributed by atoms with Crippen LogP contribution in [-0.2, 0) is 6.42 Å². The summed E-state index contributed by atoms with van der Waals surface area (Å²) in [7, 11) is 0. The zero-order valence-corrected chi connectivity index (χ0v) is 13.3. The lowest BCUT2D eigenvalue weighted by Crippen LogP contribution is -2.28. The van der Waals surface area contributed by atoms with Gasteiger partial charge >= 0.3 is 0 Å². The molecule has 0 saturated carbocycles. The quantitative estimate of drug-likeness (QED) is 0.731. The molecule has 2 N–H and O–H groups in total. The third-order valence-electron chi connectivity index (χ3n) is 3.71. The fourth-order valence-corrected chi connectivity index (χ4v) is 2.51. The highest BCUT2D eigenvalue weighted by Gasteiger charge is 2.19. The van der Waals surface area contributed by atoms with Crippen LogP contribution in [0.1, 0.15) is 54.6 Å². The highest BCUT2D eigenvalue weighted by molar-refractivity contribution is 5.92. The van der Waals surface area contributed by atoms with Gasteiger partial charge in [-0.05, 0) is 25.0 Å². The van der Waals surface area contributed by atoms with Crippen LogP contribution < -0.4 is 5.32 Å². The van der Waals surface area contributed by atoms with Gasteiger partial charge in [-0.3, -0.25) is 14.3 Å². The molecule has 1 atom stereocenters. The predicted octanol–water partition coefficient (Wildman–Crippen LogP) is 2.29. The van der Waals surface area contributed by atoms with Gasteiger partial charge in [-0.2, -0.15) is 5.10 Å². The van der Waals surface area contributed by atoms with Gasteiger partial charge in [-0.1, -0.05) is 20.3 Å². The molecule has 3 rings (SSSR count). The molecule has 0 aromatic carbocycles. The lowest BCUT2D eigenvalue weighted by Gasteiger charge is -2.13. The van der Waals surface area contributed by atoms with E-state index in [1.807, 2.05) is 29.8 Å². The molecule has 120 valence electrons. The summed E-state index contributed by atoms with van der Waals surface area (Å²) in [6, 6.07) is 3.48. The maximum atomic E-state index is 12.4. The topological polar surface area (TPSA) is 88.0 Å². The fourth-order valence-electron chi connectivity index (χ4n) is 2.51. The third kappa shape index (κ3) is 3.23. The summed E-state index contributed by atoms with van der Waals surface area (Å²) in [6.07, 6.45) is 8.11. The molecular weight excluding hydrogens is 292 g/mol. The molecule has 0 radical (unpaired) electrons. The zero-order chi connectivity index (χ0) is 16.2. The number of H-pyrrole nitrogens is 1. The van der Waals surface area contributed by atoms with E-state index >= 15 is 0 Å². The highest BCUT2D eigenvalue weighted by Crippen LogP contribution is 2.16. The minimum atomic E-state index is -0.194. The van der Waals surface area contributed by atoms with Gasteiger partial charge in [0, 0.05) is 24.3 Å². The van der Waals surface area contributed by atoms with Crippen molar-refractivity contribution in [3.8, 4) is 0 Å². The molecule has 0 aliphatic heterocycles. The summed E-state index contributed by atoms with van der Waals surface area (Å²) in [5.41, 5.74) is 2.18. The first kappa shape index (κ1) is 15.2. The Morgan fingerprint density at radius 2 is 2.30 bits per heavy atom. The minimum Gasteiger partial charge on any atom is -0.342 e. The van der Waals surface area contributed by atoms with Gasteiger partial charge in [0.25, 0.3) is 5.91 Å². The Kier molecular flexibility index (Phi) is 4.36. The number of aromatic nitrogens is 5. The van der Waals surface area contributed by atoms with Crippen LogP contribution in [0.15, 0.2) is 30.7 Å². The van der Waals surface area contributed by atoms with E-state index in [1.54, 1.807) is 12.3 Å². The summed E-state index contributed by atoms with van der Waals surface area (Å²) in [4.78, 5) is 21.1. The highest BCUT2D eigenvalue weighted by atomic mass is 16.2. The second-order valence-corrected chi connectivity index (χ2v) is 5.46. The van der Waals surface area contributed by atoms with Crippen LogP contribution in [0.25, 0.3) is 5.78 Å². The van der Waals surface area contributed by atoms with E-state index in [9.17, 15) is 4.79 Å². The molecule has 0 saturated heterocycles. The molecule has 3 aromatic rings. The van der Waals surface area contributed by atoms with Crippen LogP contribution >= 0.6 is 0 Å². The number of nitrogens with one attached hydrogen (secondary N) is 2. The van der Waals surface area contributed by atoms with Crippen molar-refractivity contribution < 1.29 is 4.79 Å². The number of aromatic amines is 1. The molecule has 0 aliphatic rings. The van der Waals surface area contributed by atoms with E-state index in [0.717, 1.165) is 30.7 Å². The Bertz CT molecular complexity index is 773. The smallest absolute Gasteiger partial charge is 0.272 e. The summed E-state index contributed by atoms with van der Waals surface area (Å²) in [6.45, 7) is 4.10. The number of hydrogen-bond donors (Lipinski definition) is 2. The molecule has 7 heteroatoms. The van der Waals surface area contributed by atoms with Gasteiger partial charge in [0.2, 0.25) is 5.78 Å². The molecular formula is C16H20N6O. The standard InChI is InChI=1S/C16H20N6O/c1-3-6-11-9-13(21-20-11)15(23)18-12(4-2)14-10-22-8-5-7-17-16(22)19-14/h5,7-10,12H,3-4,6H2,1-2H3,(H,18,23)(H,20,21)/t12-/m0/s1. The van der Waals surface area contributed by atoms with Crippen LogP contribution in [0.3, 0.4) is 0 Å². The molecule has 23 heavy (non-hydrogen) atoms. The first-order valence-corrected chi connectivity index (χ1v) is 7.86. The number of nitrogens with zero attached hydrogens (tertiary/aromatic N) is 4. The molecule has 3 heterocycles. The maximum Gasteiger partial charge on any atom is 0.272 e. The number of hydrogen-bond acceptors (Lipinski definition) is 4. The van der Waals surface area contributed by atoms with Gasteiger partial charge in [0.15, 0.2) is 0 Å². The van der Waals surface area contributed by atoms with Gasteiger partial charge in [0.1, 0.15) is 5.69 Å². The summed E-state index contributed by atoms with van der Waals surface area (Å²) in [5.74, 6) is 0.431. The van der Waals surface area contributed by atoms with Crippen molar-refractivity contribution in [2.24, 2.45) is 0 Å². The van der Waals surface area contributed by atoms with Crippen LogP contribution in [0, 0.1) is 0 Å². The molecule has 3 aromatic heterocycles. The second-order valence-electron chi connectivity index (χ2n) is 5.46. The van der Waals surface area contributed by atoms with Gasteiger partial charge in [-0.15, -0.1) is 0 Å². The van der Waals surface area contributed by atoms with E-state index in [2.05, 4.69) is 32.4 Å². The molecule has 0 aliphatic carbocycles. The summed E-state index contributed by atoms with van der Waals surface area (Å²) in [5, 5.41) is 9.97. The Morgan fingerprint density at radius 3 is 3.04 bits per heavy atom. The van der Waals surface area contributed by atoms with Crippen molar-refractivity contribution in [2.45, 2.75) is 39.2 Å². The van der Waals surface area contributed by atoms with Crippen molar-refractivity contribution >= 4 is 11.7 Å². The maximum absolute atomic E-state index is 12.4. The number of amides is 1. The molecule has 0 unspecified atom stereocenters. The first-order chi connectivity index (χ1) is 11.2. The number of carbonyl (C=O) groups is 1. The fraction of sp³-hybridized carbons (Fsp3) is 0.375. The largest absolute Gasteiger partial charge is 0.342 e. The monoisotopic (exact) mass is 312 g/mol.